The van der Waals surface area contributed by atoms with Crippen molar-refractivity contribution in [1.29, 1.82) is 0 Å². The molecule has 1 unspecified atom stereocenters. The molecule has 124 valence electrons. The largest absolute Gasteiger partial charge is 0.383 e. The maximum absolute atomic E-state index is 5.86. The third-order valence-electron chi connectivity index (χ3n) is 3.72. The number of nitrogens with zero attached hydrogens (tertiary/aromatic N) is 2. The second-order valence-corrected chi connectivity index (χ2v) is 5.56. The van der Waals surface area contributed by atoms with Gasteiger partial charge in [-0.15, -0.1) is 24.0 Å². The van der Waals surface area contributed by atoms with Crippen LogP contribution in [-0.2, 0) is 17.7 Å². The number of aliphatic imine (C=N–C) groups is 1. The van der Waals surface area contributed by atoms with E-state index in [1.807, 2.05) is 6.92 Å². The molecule has 5 nitrogen and oxygen atoms in total. The van der Waals surface area contributed by atoms with Gasteiger partial charge < -0.3 is 15.8 Å². The molecule has 0 radical (unpaired) electrons. The molecule has 0 aromatic heterocycles. The summed E-state index contributed by atoms with van der Waals surface area (Å²) < 4.78 is 5.06. The molecule has 0 aliphatic carbocycles. The van der Waals surface area contributed by atoms with E-state index in [-0.39, 0.29) is 30.0 Å². The van der Waals surface area contributed by atoms with E-state index >= 15 is 0 Å². The molecule has 1 aliphatic heterocycles. The van der Waals surface area contributed by atoms with Crippen LogP contribution in [0.15, 0.2) is 29.3 Å². The van der Waals surface area contributed by atoms with Crippen molar-refractivity contribution in [3.63, 3.8) is 0 Å². The average Bonchev–Trinajstić information content (AvgIpc) is 2.47. The lowest BCUT2D eigenvalue weighted by Gasteiger charge is -2.28. The second kappa shape index (κ2) is 10.0. The molecule has 2 rings (SSSR count). The summed E-state index contributed by atoms with van der Waals surface area (Å²) in [6.45, 7) is 6.42. The highest BCUT2D eigenvalue weighted by Crippen LogP contribution is 2.17. The Labute approximate surface area is 150 Å². The van der Waals surface area contributed by atoms with Crippen molar-refractivity contribution in [2.45, 2.75) is 25.9 Å². The van der Waals surface area contributed by atoms with Crippen molar-refractivity contribution in [2.75, 3.05) is 33.4 Å². The van der Waals surface area contributed by atoms with Gasteiger partial charge in [0.25, 0.3) is 0 Å². The van der Waals surface area contributed by atoms with Crippen molar-refractivity contribution in [3.05, 3.63) is 35.4 Å². The first-order chi connectivity index (χ1) is 10.2. The van der Waals surface area contributed by atoms with E-state index in [0.29, 0.717) is 12.6 Å². The standard InChI is InChI=1S/C16H26N4O.HI/c1-13(12-21-2)19-16(17)18-8-10-20-9-7-14-5-3-4-6-15(14)11-20;/h3-6,13H,7-12H2,1-2H3,(H3,17,18,19);1H. The molecule has 6 heteroatoms. The highest BCUT2D eigenvalue weighted by atomic mass is 127. The molecular formula is C16H27IN4O. The van der Waals surface area contributed by atoms with Crippen LogP contribution in [0.3, 0.4) is 0 Å². The van der Waals surface area contributed by atoms with Gasteiger partial charge in [-0.2, -0.15) is 0 Å². The van der Waals surface area contributed by atoms with Crippen LogP contribution < -0.4 is 11.1 Å². The molecule has 1 atom stereocenters. The molecule has 1 aromatic rings. The molecule has 1 aromatic carbocycles. The highest BCUT2D eigenvalue weighted by Gasteiger charge is 2.14. The van der Waals surface area contributed by atoms with Crippen LogP contribution in [0.25, 0.3) is 0 Å². The fraction of sp³-hybridized carbons (Fsp3) is 0.562. The van der Waals surface area contributed by atoms with E-state index in [1.165, 1.54) is 11.1 Å². The number of benzene rings is 1. The van der Waals surface area contributed by atoms with Crippen molar-refractivity contribution >= 4 is 29.9 Å². The Morgan fingerprint density at radius 1 is 1.41 bits per heavy atom. The Bertz CT molecular complexity index is 481. The molecular weight excluding hydrogens is 391 g/mol. The van der Waals surface area contributed by atoms with Gasteiger partial charge in [0.05, 0.1) is 13.2 Å². The first-order valence-electron chi connectivity index (χ1n) is 7.53. The second-order valence-electron chi connectivity index (χ2n) is 5.56. The SMILES string of the molecule is COCC(C)NC(N)=NCCN1CCc2ccccc2C1.I. The van der Waals surface area contributed by atoms with Gasteiger partial charge in [0, 0.05) is 32.8 Å². The zero-order valence-electron chi connectivity index (χ0n) is 13.4. The van der Waals surface area contributed by atoms with Crippen LogP contribution in [-0.4, -0.2) is 50.3 Å². The van der Waals surface area contributed by atoms with Crippen molar-refractivity contribution < 1.29 is 4.74 Å². The lowest BCUT2D eigenvalue weighted by molar-refractivity contribution is 0.179. The number of fused-ring (bicyclic) bond motifs is 1. The third-order valence-corrected chi connectivity index (χ3v) is 3.72. The predicted octanol–water partition coefficient (Wildman–Crippen LogP) is 1.60. The lowest BCUT2D eigenvalue weighted by atomic mass is 10.0. The monoisotopic (exact) mass is 418 g/mol. The Hall–Kier alpha value is -0.860. The Morgan fingerprint density at radius 2 is 2.14 bits per heavy atom. The molecule has 1 aliphatic rings. The first kappa shape index (κ1) is 19.2. The third kappa shape index (κ3) is 6.10. The summed E-state index contributed by atoms with van der Waals surface area (Å²) in [6, 6.07) is 8.85. The summed E-state index contributed by atoms with van der Waals surface area (Å²) >= 11 is 0. The van der Waals surface area contributed by atoms with Crippen LogP contribution in [0.2, 0.25) is 0 Å². The Morgan fingerprint density at radius 3 is 2.86 bits per heavy atom. The minimum Gasteiger partial charge on any atom is -0.383 e. The van der Waals surface area contributed by atoms with Gasteiger partial charge in [0.1, 0.15) is 0 Å². The van der Waals surface area contributed by atoms with E-state index in [9.17, 15) is 0 Å². The Kier molecular flexibility index (Phi) is 8.74. The summed E-state index contributed by atoms with van der Waals surface area (Å²) in [5, 5.41) is 3.12. The fourth-order valence-electron chi connectivity index (χ4n) is 2.65. The fourth-order valence-corrected chi connectivity index (χ4v) is 2.65. The number of methoxy groups -OCH3 is 1. The highest BCUT2D eigenvalue weighted by molar-refractivity contribution is 14.0. The zero-order valence-corrected chi connectivity index (χ0v) is 15.7. The summed E-state index contributed by atoms with van der Waals surface area (Å²) in [6.07, 6.45) is 1.12. The summed E-state index contributed by atoms with van der Waals surface area (Å²) in [5.41, 5.74) is 8.78. The van der Waals surface area contributed by atoms with Gasteiger partial charge in [-0.3, -0.25) is 9.89 Å². The number of nitrogens with one attached hydrogen (secondary N) is 1. The maximum Gasteiger partial charge on any atom is 0.188 e. The molecule has 0 saturated carbocycles. The number of ether oxygens (including phenoxy) is 1. The number of hydrogen-bond acceptors (Lipinski definition) is 3. The normalized spacial score (nSPS) is 16.5. The van der Waals surface area contributed by atoms with Crippen molar-refractivity contribution in [1.82, 2.24) is 10.2 Å². The number of hydrogen-bond donors (Lipinski definition) is 2. The summed E-state index contributed by atoms with van der Waals surface area (Å²) in [5.74, 6) is 0.497. The van der Waals surface area contributed by atoms with Gasteiger partial charge in [0.2, 0.25) is 0 Å². The quantitative estimate of drug-likeness (QED) is 0.419. The van der Waals surface area contributed by atoms with Crippen molar-refractivity contribution in [2.24, 2.45) is 10.7 Å². The summed E-state index contributed by atoms with van der Waals surface area (Å²) in [7, 11) is 1.68. The van der Waals surface area contributed by atoms with Gasteiger partial charge in [-0.25, -0.2) is 0 Å². The number of rotatable bonds is 6. The predicted molar refractivity (Wildman–Crippen MR) is 102 cm³/mol. The molecule has 0 bridgehead atoms. The minimum absolute atomic E-state index is 0. The van der Waals surface area contributed by atoms with E-state index in [0.717, 1.165) is 32.6 Å². The minimum atomic E-state index is 0. The smallest absolute Gasteiger partial charge is 0.188 e. The maximum atomic E-state index is 5.86. The lowest BCUT2D eigenvalue weighted by Crippen LogP contribution is -2.41. The van der Waals surface area contributed by atoms with E-state index < -0.39 is 0 Å². The van der Waals surface area contributed by atoms with Crippen LogP contribution in [0.1, 0.15) is 18.1 Å². The average molecular weight is 418 g/mol. The Balaban J connectivity index is 0.00000242. The number of guanidine groups is 1. The molecule has 22 heavy (non-hydrogen) atoms. The van der Waals surface area contributed by atoms with E-state index in [4.69, 9.17) is 10.5 Å². The van der Waals surface area contributed by atoms with Gasteiger partial charge >= 0.3 is 0 Å². The molecule has 0 fully saturated rings. The van der Waals surface area contributed by atoms with E-state index in [1.54, 1.807) is 7.11 Å². The molecule has 3 N–H and O–H groups in total. The number of nitrogens with two attached hydrogens (primary N) is 1. The topological polar surface area (TPSA) is 62.9 Å². The molecule has 0 amide bonds. The molecule has 1 heterocycles. The molecule has 0 spiro atoms. The zero-order chi connectivity index (χ0) is 15.1. The summed E-state index contributed by atoms with van der Waals surface area (Å²) in [4.78, 5) is 6.81. The van der Waals surface area contributed by atoms with Crippen LogP contribution in [0.4, 0.5) is 0 Å². The van der Waals surface area contributed by atoms with E-state index in [2.05, 4.69) is 39.5 Å². The van der Waals surface area contributed by atoms with Crippen LogP contribution >= 0.6 is 24.0 Å². The van der Waals surface area contributed by atoms with Gasteiger partial charge in [-0.05, 0) is 24.5 Å². The van der Waals surface area contributed by atoms with Crippen molar-refractivity contribution in [3.8, 4) is 0 Å². The van der Waals surface area contributed by atoms with Crippen LogP contribution in [0, 0.1) is 0 Å². The number of halogens is 1. The van der Waals surface area contributed by atoms with Gasteiger partial charge in [0.15, 0.2) is 5.96 Å². The molecule has 0 saturated heterocycles. The van der Waals surface area contributed by atoms with Gasteiger partial charge in [-0.1, -0.05) is 24.3 Å². The first-order valence-corrected chi connectivity index (χ1v) is 7.53. The van der Waals surface area contributed by atoms with Crippen LogP contribution in [0.5, 0.6) is 0 Å².